The van der Waals surface area contributed by atoms with Gasteiger partial charge in [0.1, 0.15) is 0 Å². The molecule has 0 radical (unpaired) electrons. The lowest BCUT2D eigenvalue weighted by Gasteiger charge is -2.39. The van der Waals surface area contributed by atoms with Crippen LogP contribution in [0.5, 0.6) is 0 Å². The summed E-state index contributed by atoms with van der Waals surface area (Å²) in [6.07, 6.45) is 4.71. The maximum absolute atomic E-state index is 4.16. The maximum Gasteiger partial charge on any atom is 0.0794 e. The molecular formula is C13H21N3S2. The van der Waals surface area contributed by atoms with Crippen LogP contribution in [0, 0.1) is 0 Å². The predicted octanol–water partition coefficient (Wildman–Crippen LogP) is 2.16. The van der Waals surface area contributed by atoms with Crippen LogP contribution in [-0.2, 0) is 6.54 Å². The zero-order chi connectivity index (χ0) is 12.2. The van der Waals surface area contributed by atoms with Crippen molar-refractivity contribution in [2.75, 3.05) is 37.7 Å². The van der Waals surface area contributed by atoms with E-state index in [-0.39, 0.29) is 0 Å². The third-order valence-corrected chi connectivity index (χ3v) is 5.69. The molecule has 2 saturated heterocycles. The molecule has 3 heterocycles. The van der Waals surface area contributed by atoms with Gasteiger partial charge in [0.2, 0.25) is 0 Å². The molecule has 1 aromatic rings. The Labute approximate surface area is 118 Å². The minimum Gasteiger partial charge on any atom is -0.299 e. The van der Waals surface area contributed by atoms with Gasteiger partial charge < -0.3 is 0 Å². The number of hydrogen-bond acceptors (Lipinski definition) is 5. The van der Waals surface area contributed by atoms with Crippen LogP contribution in [0.1, 0.15) is 17.7 Å². The van der Waals surface area contributed by atoms with Gasteiger partial charge in [0, 0.05) is 61.3 Å². The zero-order valence-electron chi connectivity index (χ0n) is 10.8. The molecule has 0 N–H and O–H groups in total. The fourth-order valence-corrected chi connectivity index (χ4v) is 4.49. The molecule has 2 aliphatic rings. The van der Waals surface area contributed by atoms with Gasteiger partial charge in [-0.3, -0.25) is 14.8 Å². The lowest BCUT2D eigenvalue weighted by molar-refractivity contribution is 0.113. The molecule has 0 atom stereocenters. The monoisotopic (exact) mass is 283 g/mol. The number of aromatic nitrogens is 1. The van der Waals surface area contributed by atoms with E-state index in [9.17, 15) is 0 Å². The molecular weight excluding hydrogens is 262 g/mol. The molecule has 5 heteroatoms. The number of piperidine rings is 1. The summed E-state index contributed by atoms with van der Waals surface area (Å²) < 4.78 is 0. The molecule has 2 aliphatic heterocycles. The van der Waals surface area contributed by atoms with Gasteiger partial charge >= 0.3 is 0 Å². The second-order valence-corrected chi connectivity index (χ2v) is 7.32. The number of thioether (sulfide) groups is 1. The van der Waals surface area contributed by atoms with E-state index in [4.69, 9.17) is 0 Å². The Bertz CT molecular complexity index is 341. The van der Waals surface area contributed by atoms with Gasteiger partial charge in [0.25, 0.3) is 0 Å². The average Bonchev–Trinajstić information content (AvgIpc) is 2.94. The molecule has 0 aliphatic carbocycles. The van der Waals surface area contributed by atoms with E-state index in [1.54, 1.807) is 11.3 Å². The minimum atomic E-state index is 0.851. The van der Waals surface area contributed by atoms with Crippen molar-refractivity contribution >= 4 is 23.1 Å². The Hall–Kier alpha value is -0.100. The van der Waals surface area contributed by atoms with Crippen molar-refractivity contribution < 1.29 is 0 Å². The molecule has 1 aromatic heterocycles. The first-order chi connectivity index (χ1) is 8.92. The number of hydrogen-bond donors (Lipinski definition) is 0. The van der Waals surface area contributed by atoms with Gasteiger partial charge in [-0.2, -0.15) is 11.8 Å². The fourth-order valence-electron chi connectivity index (χ4n) is 2.93. The van der Waals surface area contributed by atoms with Crippen molar-refractivity contribution in [1.29, 1.82) is 0 Å². The van der Waals surface area contributed by atoms with Crippen LogP contribution in [0.25, 0.3) is 0 Å². The number of likely N-dealkylation sites (tertiary alicyclic amines) is 1. The average molecular weight is 283 g/mol. The highest BCUT2D eigenvalue weighted by molar-refractivity contribution is 7.99. The van der Waals surface area contributed by atoms with E-state index in [1.165, 1.54) is 55.4 Å². The molecule has 3 nitrogen and oxygen atoms in total. The molecule has 100 valence electrons. The Kier molecular flexibility index (Phi) is 4.57. The van der Waals surface area contributed by atoms with Crippen LogP contribution >= 0.6 is 23.1 Å². The standard InChI is InChI=1S/C13H21N3S2/c1-3-15(10-13-9-14-11-18-13)4-2-12(1)16-5-7-17-8-6-16/h9,11-12H,1-8,10H2. The quantitative estimate of drug-likeness (QED) is 0.846. The van der Waals surface area contributed by atoms with Crippen molar-refractivity contribution in [3.05, 3.63) is 16.6 Å². The molecule has 2 fully saturated rings. The smallest absolute Gasteiger partial charge is 0.0794 e. The first kappa shape index (κ1) is 12.9. The highest BCUT2D eigenvalue weighted by atomic mass is 32.2. The Morgan fingerprint density at radius 3 is 2.61 bits per heavy atom. The van der Waals surface area contributed by atoms with Gasteiger partial charge in [0.15, 0.2) is 0 Å². The summed E-state index contributed by atoms with van der Waals surface area (Å²) in [5.41, 5.74) is 1.94. The van der Waals surface area contributed by atoms with Crippen LogP contribution in [0.2, 0.25) is 0 Å². The summed E-state index contributed by atoms with van der Waals surface area (Å²) in [5.74, 6) is 2.67. The SMILES string of the molecule is c1ncc(CN2CCC(N3CCSCC3)CC2)s1. The lowest BCUT2D eigenvalue weighted by Crippen LogP contribution is -2.47. The summed E-state index contributed by atoms with van der Waals surface area (Å²) in [7, 11) is 0. The molecule has 0 saturated carbocycles. The molecule has 0 aromatic carbocycles. The van der Waals surface area contributed by atoms with Crippen LogP contribution in [0.4, 0.5) is 0 Å². The van der Waals surface area contributed by atoms with Crippen LogP contribution in [-0.4, -0.2) is 58.5 Å². The second-order valence-electron chi connectivity index (χ2n) is 5.12. The number of thiazole rings is 1. The van der Waals surface area contributed by atoms with E-state index in [1.807, 2.05) is 11.7 Å². The van der Waals surface area contributed by atoms with E-state index in [0.717, 1.165) is 12.6 Å². The van der Waals surface area contributed by atoms with Crippen LogP contribution in [0.15, 0.2) is 11.7 Å². The summed E-state index contributed by atoms with van der Waals surface area (Å²) in [4.78, 5) is 10.9. The van der Waals surface area contributed by atoms with Crippen molar-refractivity contribution in [1.82, 2.24) is 14.8 Å². The van der Waals surface area contributed by atoms with Gasteiger partial charge in [-0.25, -0.2) is 0 Å². The van der Waals surface area contributed by atoms with E-state index < -0.39 is 0 Å². The highest BCUT2D eigenvalue weighted by Gasteiger charge is 2.25. The fraction of sp³-hybridized carbons (Fsp3) is 0.769. The van der Waals surface area contributed by atoms with Crippen molar-refractivity contribution in [2.45, 2.75) is 25.4 Å². The van der Waals surface area contributed by atoms with Crippen LogP contribution < -0.4 is 0 Å². The molecule has 0 amide bonds. The Morgan fingerprint density at radius 2 is 1.94 bits per heavy atom. The van der Waals surface area contributed by atoms with Crippen molar-refractivity contribution in [3.63, 3.8) is 0 Å². The maximum atomic E-state index is 4.16. The predicted molar refractivity (Wildman–Crippen MR) is 79.3 cm³/mol. The van der Waals surface area contributed by atoms with Gasteiger partial charge in [0.05, 0.1) is 5.51 Å². The molecule has 3 rings (SSSR count). The lowest BCUT2D eigenvalue weighted by atomic mass is 10.0. The largest absolute Gasteiger partial charge is 0.299 e. The van der Waals surface area contributed by atoms with E-state index in [0.29, 0.717) is 0 Å². The van der Waals surface area contributed by atoms with E-state index >= 15 is 0 Å². The summed E-state index contributed by atoms with van der Waals surface area (Å²) >= 11 is 3.89. The molecule has 0 bridgehead atoms. The number of nitrogens with zero attached hydrogens (tertiary/aromatic N) is 3. The highest BCUT2D eigenvalue weighted by Crippen LogP contribution is 2.22. The molecule has 18 heavy (non-hydrogen) atoms. The normalized spacial score (nSPS) is 24.4. The van der Waals surface area contributed by atoms with Crippen molar-refractivity contribution in [2.24, 2.45) is 0 Å². The molecule has 0 unspecified atom stereocenters. The van der Waals surface area contributed by atoms with Gasteiger partial charge in [-0.15, -0.1) is 11.3 Å². The minimum absolute atomic E-state index is 0.851. The van der Waals surface area contributed by atoms with Crippen molar-refractivity contribution in [3.8, 4) is 0 Å². The summed E-state index contributed by atoms with van der Waals surface area (Å²) in [6, 6.07) is 0.851. The summed E-state index contributed by atoms with van der Waals surface area (Å²) in [6.45, 7) is 6.24. The van der Waals surface area contributed by atoms with Crippen LogP contribution in [0.3, 0.4) is 0 Å². The van der Waals surface area contributed by atoms with Gasteiger partial charge in [-0.1, -0.05) is 0 Å². The number of rotatable bonds is 3. The molecule has 0 spiro atoms. The third-order valence-electron chi connectivity index (χ3n) is 3.98. The second kappa shape index (κ2) is 6.37. The van der Waals surface area contributed by atoms with E-state index in [2.05, 4.69) is 26.5 Å². The Balaban J connectivity index is 1.45. The summed E-state index contributed by atoms with van der Waals surface area (Å²) in [5, 5.41) is 0. The zero-order valence-corrected chi connectivity index (χ0v) is 12.4. The first-order valence-corrected chi connectivity index (χ1v) is 8.87. The Morgan fingerprint density at radius 1 is 1.17 bits per heavy atom. The van der Waals surface area contributed by atoms with Gasteiger partial charge in [-0.05, 0) is 12.8 Å². The topological polar surface area (TPSA) is 19.4 Å². The third kappa shape index (κ3) is 3.26. The first-order valence-electron chi connectivity index (χ1n) is 6.83.